The summed E-state index contributed by atoms with van der Waals surface area (Å²) in [7, 11) is 0. The fourth-order valence-corrected chi connectivity index (χ4v) is 1.90. The van der Waals surface area contributed by atoms with Gasteiger partial charge in [-0.15, -0.1) is 0 Å². The second-order valence-electron chi connectivity index (χ2n) is 4.12. The summed E-state index contributed by atoms with van der Waals surface area (Å²) in [5, 5.41) is 8.87. The predicted molar refractivity (Wildman–Crippen MR) is 50.4 cm³/mol. The van der Waals surface area contributed by atoms with Crippen LogP contribution in [0.3, 0.4) is 0 Å². The summed E-state index contributed by atoms with van der Waals surface area (Å²) in [6.07, 6.45) is -4.39. The molecule has 0 aromatic rings. The van der Waals surface area contributed by atoms with Crippen molar-refractivity contribution >= 4 is 5.91 Å². The van der Waals surface area contributed by atoms with Crippen molar-refractivity contribution in [1.82, 2.24) is 4.90 Å². The van der Waals surface area contributed by atoms with E-state index in [2.05, 4.69) is 0 Å². The van der Waals surface area contributed by atoms with E-state index in [1.165, 1.54) is 6.92 Å². The summed E-state index contributed by atoms with van der Waals surface area (Å²) in [5.74, 6) is -3.10. The molecule has 1 rings (SSSR count). The van der Waals surface area contributed by atoms with E-state index in [1.807, 2.05) is 0 Å². The topological polar surface area (TPSA) is 66.6 Å². The molecule has 1 fully saturated rings. The lowest BCUT2D eigenvalue weighted by atomic mass is 9.97. The monoisotopic (exact) mass is 240 g/mol. The van der Waals surface area contributed by atoms with E-state index in [-0.39, 0.29) is 6.54 Å². The van der Waals surface area contributed by atoms with Crippen LogP contribution in [0.15, 0.2) is 0 Å². The minimum atomic E-state index is -4.39. The standard InChI is InChI=1S/C9H15F3N2O2/c1-5(13)8(16)14-2-6(4-15)7(3-14)9(10,11)12/h5-7,15H,2-4,13H2,1H3/t5-,6+,7-/m0/s1. The maximum Gasteiger partial charge on any atom is 0.393 e. The molecule has 0 aromatic carbocycles. The molecule has 0 radical (unpaired) electrons. The molecule has 3 N–H and O–H groups in total. The van der Waals surface area contributed by atoms with Crippen molar-refractivity contribution in [1.29, 1.82) is 0 Å². The molecule has 0 unspecified atom stereocenters. The first-order valence-electron chi connectivity index (χ1n) is 4.99. The first kappa shape index (κ1) is 13.2. The van der Waals surface area contributed by atoms with Crippen molar-refractivity contribution in [3.8, 4) is 0 Å². The molecule has 1 aliphatic heterocycles. The average molecular weight is 240 g/mol. The van der Waals surface area contributed by atoms with Gasteiger partial charge in [0, 0.05) is 25.6 Å². The van der Waals surface area contributed by atoms with E-state index in [9.17, 15) is 18.0 Å². The van der Waals surface area contributed by atoms with E-state index >= 15 is 0 Å². The lowest BCUT2D eigenvalue weighted by Crippen LogP contribution is -2.41. The minimum Gasteiger partial charge on any atom is -0.396 e. The molecule has 1 amide bonds. The Bertz CT molecular complexity index is 268. The van der Waals surface area contributed by atoms with Crippen molar-refractivity contribution in [3.05, 3.63) is 0 Å². The summed E-state index contributed by atoms with van der Waals surface area (Å²) >= 11 is 0. The van der Waals surface area contributed by atoms with Gasteiger partial charge in [0.25, 0.3) is 0 Å². The first-order chi connectivity index (χ1) is 7.27. The van der Waals surface area contributed by atoms with Gasteiger partial charge < -0.3 is 15.7 Å². The highest BCUT2D eigenvalue weighted by Crippen LogP contribution is 2.37. The number of aliphatic hydroxyl groups is 1. The first-order valence-corrected chi connectivity index (χ1v) is 4.99. The van der Waals surface area contributed by atoms with Crippen LogP contribution in [0, 0.1) is 11.8 Å². The third-order valence-electron chi connectivity index (χ3n) is 2.80. The third-order valence-corrected chi connectivity index (χ3v) is 2.80. The summed E-state index contributed by atoms with van der Waals surface area (Å²) in [6.45, 7) is 0.361. The second kappa shape index (κ2) is 4.58. The van der Waals surface area contributed by atoms with Crippen LogP contribution >= 0.6 is 0 Å². The molecule has 7 heteroatoms. The molecular formula is C9H15F3N2O2. The summed E-state index contributed by atoms with van der Waals surface area (Å²) in [6, 6.07) is -0.814. The number of halogens is 3. The molecule has 0 spiro atoms. The number of rotatable bonds is 2. The van der Waals surface area contributed by atoms with Crippen molar-refractivity contribution in [2.24, 2.45) is 17.6 Å². The number of likely N-dealkylation sites (tertiary alicyclic amines) is 1. The molecule has 0 aromatic heterocycles. The summed E-state index contributed by atoms with van der Waals surface area (Å²) in [5.41, 5.74) is 5.32. The number of nitrogens with zero attached hydrogens (tertiary/aromatic N) is 1. The van der Waals surface area contributed by atoms with E-state index in [0.717, 1.165) is 4.90 Å². The Hall–Kier alpha value is -0.820. The Morgan fingerprint density at radius 3 is 2.44 bits per heavy atom. The summed E-state index contributed by atoms with van der Waals surface area (Å²) < 4.78 is 37.7. The van der Waals surface area contributed by atoms with E-state index < -0.39 is 43.1 Å². The Labute approximate surface area is 91.2 Å². The van der Waals surface area contributed by atoms with Gasteiger partial charge in [0.1, 0.15) is 0 Å². The van der Waals surface area contributed by atoms with Crippen LogP contribution in [0.25, 0.3) is 0 Å². The van der Waals surface area contributed by atoms with Gasteiger partial charge in [-0.05, 0) is 6.92 Å². The Morgan fingerprint density at radius 1 is 1.56 bits per heavy atom. The van der Waals surface area contributed by atoms with Crippen LogP contribution in [0.1, 0.15) is 6.92 Å². The maximum atomic E-state index is 12.6. The molecule has 1 heterocycles. The molecule has 1 saturated heterocycles. The minimum absolute atomic E-state index is 0.0823. The van der Waals surface area contributed by atoms with E-state index in [0.29, 0.717) is 0 Å². The molecule has 94 valence electrons. The molecule has 16 heavy (non-hydrogen) atoms. The maximum absolute atomic E-state index is 12.6. The number of amides is 1. The number of hydrogen-bond donors (Lipinski definition) is 2. The molecule has 0 saturated carbocycles. The lowest BCUT2D eigenvalue weighted by Gasteiger charge is -2.19. The van der Waals surface area contributed by atoms with Gasteiger partial charge in [0.05, 0.1) is 12.0 Å². The second-order valence-corrected chi connectivity index (χ2v) is 4.12. The number of hydrogen-bond acceptors (Lipinski definition) is 3. The molecule has 3 atom stereocenters. The Morgan fingerprint density at radius 2 is 2.12 bits per heavy atom. The molecule has 0 aliphatic carbocycles. The van der Waals surface area contributed by atoms with Gasteiger partial charge >= 0.3 is 6.18 Å². The lowest BCUT2D eigenvalue weighted by molar-refractivity contribution is -0.183. The Kier molecular flexibility index (Phi) is 3.80. The van der Waals surface area contributed by atoms with Crippen LogP contribution in [0.5, 0.6) is 0 Å². The van der Waals surface area contributed by atoms with Crippen molar-refractivity contribution in [2.45, 2.75) is 19.1 Å². The zero-order chi connectivity index (χ0) is 12.5. The zero-order valence-corrected chi connectivity index (χ0v) is 8.87. The van der Waals surface area contributed by atoms with Gasteiger partial charge in [-0.2, -0.15) is 13.2 Å². The quantitative estimate of drug-likeness (QED) is 0.712. The largest absolute Gasteiger partial charge is 0.396 e. The van der Waals surface area contributed by atoms with Crippen LogP contribution in [0.4, 0.5) is 13.2 Å². The highest BCUT2D eigenvalue weighted by molar-refractivity contribution is 5.81. The van der Waals surface area contributed by atoms with Gasteiger partial charge in [-0.1, -0.05) is 0 Å². The fraction of sp³-hybridized carbons (Fsp3) is 0.889. The molecule has 0 bridgehead atoms. The molecule has 4 nitrogen and oxygen atoms in total. The summed E-state index contributed by atoms with van der Waals surface area (Å²) in [4.78, 5) is 12.5. The number of carbonyl (C=O) groups excluding carboxylic acids is 1. The van der Waals surface area contributed by atoms with Crippen molar-refractivity contribution in [3.63, 3.8) is 0 Å². The van der Waals surface area contributed by atoms with Gasteiger partial charge in [0.15, 0.2) is 0 Å². The zero-order valence-electron chi connectivity index (χ0n) is 8.87. The van der Waals surface area contributed by atoms with Crippen LogP contribution < -0.4 is 5.73 Å². The molecular weight excluding hydrogens is 225 g/mol. The number of nitrogens with two attached hydrogens (primary N) is 1. The van der Waals surface area contributed by atoms with Crippen LogP contribution in [-0.4, -0.2) is 47.8 Å². The SMILES string of the molecule is C[C@H](N)C(=O)N1C[C@H](CO)[C@@H](C(F)(F)F)C1. The smallest absolute Gasteiger partial charge is 0.393 e. The fourth-order valence-electron chi connectivity index (χ4n) is 1.90. The number of carbonyl (C=O) groups is 1. The van der Waals surface area contributed by atoms with Gasteiger partial charge in [0.2, 0.25) is 5.91 Å². The normalized spacial score (nSPS) is 28.2. The average Bonchev–Trinajstić information content (AvgIpc) is 2.59. The number of alkyl halides is 3. The highest BCUT2D eigenvalue weighted by Gasteiger charge is 2.50. The number of aliphatic hydroxyl groups excluding tert-OH is 1. The highest BCUT2D eigenvalue weighted by atomic mass is 19.4. The van der Waals surface area contributed by atoms with E-state index in [4.69, 9.17) is 10.8 Å². The van der Waals surface area contributed by atoms with Crippen LogP contribution in [0.2, 0.25) is 0 Å². The van der Waals surface area contributed by atoms with Crippen LogP contribution in [-0.2, 0) is 4.79 Å². The predicted octanol–water partition coefficient (Wildman–Crippen LogP) is -0.0372. The van der Waals surface area contributed by atoms with Crippen molar-refractivity contribution < 1.29 is 23.1 Å². The molecule has 1 aliphatic rings. The van der Waals surface area contributed by atoms with E-state index in [1.54, 1.807) is 0 Å². The van der Waals surface area contributed by atoms with Crippen molar-refractivity contribution in [2.75, 3.05) is 19.7 Å². The van der Waals surface area contributed by atoms with Gasteiger partial charge in [-0.3, -0.25) is 4.79 Å². The van der Waals surface area contributed by atoms with Gasteiger partial charge in [-0.25, -0.2) is 0 Å². The Balaban J connectivity index is 2.74. The third kappa shape index (κ3) is 2.65.